The van der Waals surface area contributed by atoms with Gasteiger partial charge in [-0.25, -0.2) is 0 Å². The summed E-state index contributed by atoms with van der Waals surface area (Å²) in [6.45, 7) is 0. The molecule has 1 aromatic carbocycles. The summed E-state index contributed by atoms with van der Waals surface area (Å²) in [5.74, 6) is 0. The molecule has 13 heavy (non-hydrogen) atoms. The highest BCUT2D eigenvalue weighted by Crippen LogP contribution is 2.36. The first-order valence-corrected chi connectivity index (χ1v) is 4.60. The molecule has 0 bridgehead atoms. The molecule has 0 aliphatic heterocycles. The van der Waals surface area contributed by atoms with Crippen molar-refractivity contribution in [3.8, 4) is 0 Å². The number of benzene rings is 1. The average Bonchev–Trinajstić information content (AvgIpc) is 1.94. The van der Waals surface area contributed by atoms with Gasteiger partial charge in [-0.2, -0.15) is 13.2 Å². The standard InChI is InChI=1S/C7H4ClF3IN/c8-4-2-6(13)3(1-5(4)12)7(9,10)11/h1-2H,13H2. The highest BCUT2D eigenvalue weighted by atomic mass is 127. The van der Waals surface area contributed by atoms with Crippen LogP contribution in [0, 0.1) is 3.57 Å². The molecular weight excluding hydrogens is 317 g/mol. The molecule has 0 atom stereocenters. The lowest BCUT2D eigenvalue weighted by Gasteiger charge is -2.10. The number of rotatable bonds is 0. The summed E-state index contributed by atoms with van der Waals surface area (Å²) in [6.07, 6.45) is -4.42. The summed E-state index contributed by atoms with van der Waals surface area (Å²) in [6, 6.07) is 2.03. The van der Waals surface area contributed by atoms with E-state index in [-0.39, 0.29) is 10.7 Å². The lowest BCUT2D eigenvalue weighted by Crippen LogP contribution is -2.09. The van der Waals surface area contributed by atoms with E-state index in [0.29, 0.717) is 3.57 Å². The number of halogens is 5. The van der Waals surface area contributed by atoms with Crippen LogP contribution in [0.5, 0.6) is 0 Å². The van der Waals surface area contributed by atoms with Crippen molar-refractivity contribution >= 4 is 39.9 Å². The molecule has 0 aliphatic carbocycles. The van der Waals surface area contributed by atoms with Gasteiger partial charge in [-0.15, -0.1) is 0 Å². The van der Waals surface area contributed by atoms with Crippen molar-refractivity contribution in [2.24, 2.45) is 0 Å². The van der Waals surface area contributed by atoms with Gasteiger partial charge in [0.05, 0.1) is 10.6 Å². The fourth-order valence-corrected chi connectivity index (χ4v) is 1.45. The van der Waals surface area contributed by atoms with Gasteiger partial charge in [0, 0.05) is 9.26 Å². The molecule has 0 fully saturated rings. The predicted molar refractivity (Wildman–Crippen MR) is 53.6 cm³/mol. The smallest absolute Gasteiger partial charge is 0.398 e. The first-order valence-electron chi connectivity index (χ1n) is 3.14. The Balaban J connectivity index is 3.32. The maximum atomic E-state index is 12.2. The van der Waals surface area contributed by atoms with Crippen LogP contribution in [0.15, 0.2) is 12.1 Å². The molecule has 72 valence electrons. The summed E-state index contributed by atoms with van der Waals surface area (Å²) in [5, 5.41) is 0.228. The largest absolute Gasteiger partial charge is 0.418 e. The summed E-state index contributed by atoms with van der Waals surface area (Å²) in [7, 11) is 0. The lowest BCUT2D eigenvalue weighted by molar-refractivity contribution is -0.136. The Morgan fingerprint density at radius 2 is 1.85 bits per heavy atom. The van der Waals surface area contributed by atoms with Gasteiger partial charge in [-0.1, -0.05) is 11.6 Å². The minimum absolute atomic E-state index is 0.228. The fourth-order valence-electron chi connectivity index (χ4n) is 0.808. The van der Waals surface area contributed by atoms with E-state index in [1.807, 2.05) is 0 Å². The third-order valence-corrected chi connectivity index (χ3v) is 2.92. The molecule has 1 nitrogen and oxygen atoms in total. The molecule has 0 unspecified atom stereocenters. The second-order valence-corrected chi connectivity index (χ2v) is 3.92. The molecule has 6 heteroatoms. The molecule has 0 aliphatic rings. The first-order chi connectivity index (χ1) is 5.82. The normalized spacial score (nSPS) is 11.8. The molecule has 0 aromatic heterocycles. The van der Waals surface area contributed by atoms with Gasteiger partial charge >= 0.3 is 6.18 Å². The molecule has 0 saturated carbocycles. The third-order valence-electron chi connectivity index (χ3n) is 1.40. The van der Waals surface area contributed by atoms with E-state index in [9.17, 15) is 13.2 Å². The van der Waals surface area contributed by atoms with E-state index in [0.717, 1.165) is 12.1 Å². The maximum Gasteiger partial charge on any atom is 0.418 e. The SMILES string of the molecule is Nc1cc(Cl)c(I)cc1C(F)(F)F. The van der Waals surface area contributed by atoms with Crippen LogP contribution in [-0.2, 0) is 6.18 Å². The van der Waals surface area contributed by atoms with Gasteiger partial charge in [0.15, 0.2) is 0 Å². The van der Waals surface area contributed by atoms with Gasteiger partial charge in [0.2, 0.25) is 0 Å². The molecular formula is C7H4ClF3IN. The van der Waals surface area contributed by atoms with E-state index in [4.69, 9.17) is 17.3 Å². The van der Waals surface area contributed by atoms with Crippen molar-refractivity contribution in [2.75, 3.05) is 5.73 Å². The zero-order chi connectivity index (χ0) is 10.2. The molecule has 2 N–H and O–H groups in total. The van der Waals surface area contributed by atoms with Gasteiger partial charge in [0.25, 0.3) is 0 Å². The van der Waals surface area contributed by atoms with Crippen LogP contribution in [-0.4, -0.2) is 0 Å². The molecule has 0 amide bonds. The summed E-state index contributed by atoms with van der Waals surface area (Å²) in [4.78, 5) is 0. The number of nitrogen functional groups attached to an aromatic ring is 1. The zero-order valence-corrected chi connectivity index (χ0v) is 9.04. The van der Waals surface area contributed by atoms with Crippen molar-refractivity contribution in [3.05, 3.63) is 26.3 Å². The third kappa shape index (κ3) is 2.40. The quantitative estimate of drug-likeness (QED) is 0.574. The van der Waals surface area contributed by atoms with Gasteiger partial charge in [-0.3, -0.25) is 0 Å². The van der Waals surface area contributed by atoms with Crippen molar-refractivity contribution in [2.45, 2.75) is 6.18 Å². The minimum Gasteiger partial charge on any atom is -0.398 e. The van der Waals surface area contributed by atoms with E-state index >= 15 is 0 Å². The Hall–Kier alpha value is -0.170. The van der Waals surface area contributed by atoms with Crippen LogP contribution in [0.1, 0.15) is 5.56 Å². The molecule has 1 rings (SSSR count). The zero-order valence-electron chi connectivity index (χ0n) is 6.12. The summed E-state index contributed by atoms with van der Waals surface area (Å²) < 4.78 is 37.0. The number of hydrogen-bond donors (Lipinski definition) is 1. The molecule has 0 spiro atoms. The lowest BCUT2D eigenvalue weighted by atomic mass is 10.2. The Labute approximate surface area is 91.2 Å². The van der Waals surface area contributed by atoms with Crippen molar-refractivity contribution in [1.82, 2.24) is 0 Å². The molecule has 1 aromatic rings. The van der Waals surface area contributed by atoms with Crippen LogP contribution in [0.3, 0.4) is 0 Å². The van der Waals surface area contributed by atoms with Gasteiger partial charge < -0.3 is 5.73 Å². The summed E-state index contributed by atoms with van der Waals surface area (Å²) in [5.41, 5.74) is 3.97. The van der Waals surface area contributed by atoms with Crippen LogP contribution >= 0.6 is 34.2 Å². The van der Waals surface area contributed by atoms with Gasteiger partial charge in [-0.05, 0) is 34.7 Å². The Morgan fingerprint density at radius 1 is 1.31 bits per heavy atom. The molecule has 0 saturated heterocycles. The molecule has 0 radical (unpaired) electrons. The Morgan fingerprint density at radius 3 is 2.31 bits per heavy atom. The van der Waals surface area contributed by atoms with Crippen molar-refractivity contribution in [1.29, 1.82) is 0 Å². The van der Waals surface area contributed by atoms with Crippen LogP contribution in [0.4, 0.5) is 18.9 Å². The van der Waals surface area contributed by atoms with Crippen molar-refractivity contribution in [3.63, 3.8) is 0 Å². The second-order valence-electron chi connectivity index (χ2n) is 2.35. The Kier molecular flexibility index (Phi) is 2.96. The highest BCUT2D eigenvalue weighted by Gasteiger charge is 2.33. The van der Waals surface area contributed by atoms with Crippen molar-refractivity contribution < 1.29 is 13.2 Å². The Bertz CT molecular complexity index is 337. The topological polar surface area (TPSA) is 26.0 Å². The average molecular weight is 321 g/mol. The minimum atomic E-state index is -4.42. The van der Waals surface area contributed by atoms with Gasteiger partial charge in [0.1, 0.15) is 0 Å². The monoisotopic (exact) mass is 321 g/mol. The van der Waals surface area contributed by atoms with Crippen LogP contribution in [0.25, 0.3) is 0 Å². The first kappa shape index (κ1) is 10.9. The maximum absolute atomic E-state index is 12.2. The van der Waals surface area contributed by atoms with Crippen LogP contribution < -0.4 is 5.73 Å². The number of anilines is 1. The van der Waals surface area contributed by atoms with E-state index in [1.165, 1.54) is 0 Å². The molecule has 0 heterocycles. The van der Waals surface area contributed by atoms with E-state index in [2.05, 4.69) is 0 Å². The highest BCUT2D eigenvalue weighted by molar-refractivity contribution is 14.1. The number of alkyl halides is 3. The predicted octanol–water partition coefficient (Wildman–Crippen LogP) is 3.55. The van der Waals surface area contributed by atoms with Crippen LogP contribution in [0.2, 0.25) is 5.02 Å². The van der Waals surface area contributed by atoms with E-state index in [1.54, 1.807) is 22.6 Å². The summed E-state index contributed by atoms with van der Waals surface area (Å²) >= 11 is 7.30. The number of nitrogens with two attached hydrogens (primary N) is 1. The van der Waals surface area contributed by atoms with E-state index < -0.39 is 11.7 Å². The number of hydrogen-bond acceptors (Lipinski definition) is 1. The fraction of sp³-hybridized carbons (Fsp3) is 0.143. The second kappa shape index (κ2) is 3.53.